The number of aromatic amines is 1. The maximum atomic E-state index is 14.0. The van der Waals surface area contributed by atoms with Gasteiger partial charge in [0.1, 0.15) is 12.4 Å². The van der Waals surface area contributed by atoms with Gasteiger partial charge in [-0.2, -0.15) is 0 Å². The van der Waals surface area contributed by atoms with Gasteiger partial charge in [0.15, 0.2) is 0 Å². The molecule has 0 radical (unpaired) electrons. The molecule has 2 heterocycles. The van der Waals surface area contributed by atoms with E-state index >= 15 is 0 Å². The van der Waals surface area contributed by atoms with Crippen LogP contribution in [0.15, 0.2) is 103 Å². The molecule has 0 fully saturated rings. The van der Waals surface area contributed by atoms with Gasteiger partial charge in [-0.1, -0.05) is 48.5 Å². The Morgan fingerprint density at radius 2 is 1.78 bits per heavy atom. The normalized spacial score (nSPS) is 14.3. The third-order valence-electron chi connectivity index (χ3n) is 8.13. The van der Waals surface area contributed by atoms with Crippen molar-refractivity contribution >= 4 is 34.3 Å². The molecule has 8 nitrogen and oxygen atoms in total. The van der Waals surface area contributed by atoms with Crippen LogP contribution < -0.4 is 15.0 Å². The first-order chi connectivity index (χ1) is 22.0. The van der Waals surface area contributed by atoms with E-state index in [1.165, 1.54) is 0 Å². The van der Waals surface area contributed by atoms with Crippen LogP contribution in [0, 0.1) is 0 Å². The molecule has 1 aromatic heterocycles. The fourth-order valence-corrected chi connectivity index (χ4v) is 5.62. The molecule has 1 aliphatic heterocycles. The van der Waals surface area contributed by atoms with Gasteiger partial charge in [-0.05, 0) is 84.8 Å². The number of carbonyl (C=O) groups is 2. The van der Waals surface area contributed by atoms with Crippen LogP contribution in [-0.4, -0.2) is 54.7 Å². The minimum absolute atomic E-state index is 0.0725. The Bertz CT molecular complexity index is 1780. The van der Waals surface area contributed by atoms with Crippen molar-refractivity contribution in [1.29, 1.82) is 0 Å². The summed E-state index contributed by atoms with van der Waals surface area (Å²) >= 11 is 0. The summed E-state index contributed by atoms with van der Waals surface area (Å²) in [4.78, 5) is 33.2. The number of para-hydroxylation sites is 2. The van der Waals surface area contributed by atoms with Crippen LogP contribution in [0.4, 0.5) is 16.2 Å². The standard InChI is InChI=1S/C37H38N4O4/c1-26-18-21-41(34-12-7-6-11-33(34)39-26)36(42)30-13-15-31(28-14-16-32-29(23-28)17-19-38-32)35(24-30)44-22-8-20-40(2)37(43)45-25-27-9-4-3-5-10-27/h3-7,9-17,19,23-24,26,38-39H,8,18,20-22,25H2,1-2H3/t26-/m0/s1. The number of amides is 2. The highest BCUT2D eigenvalue weighted by molar-refractivity contribution is 6.08. The summed E-state index contributed by atoms with van der Waals surface area (Å²) in [5.74, 6) is 0.552. The van der Waals surface area contributed by atoms with Crippen molar-refractivity contribution in [3.05, 3.63) is 114 Å². The van der Waals surface area contributed by atoms with Gasteiger partial charge in [-0.3, -0.25) is 4.79 Å². The largest absolute Gasteiger partial charge is 0.493 e. The number of nitrogens with one attached hydrogen (secondary N) is 2. The third-order valence-corrected chi connectivity index (χ3v) is 8.13. The molecule has 8 heteroatoms. The van der Waals surface area contributed by atoms with Gasteiger partial charge in [0.2, 0.25) is 0 Å². The van der Waals surface area contributed by atoms with Crippen LogP contribution in [0.1, 0.15) is 35.7 Å². The van der Waals surface area contributed by atoms with Crippen molar-refractivity contribution in [1.82, 2.24) is 9.88 Å². The van der Waals surface area contributed by atoms with Crippen LogP contribution in [0.3, 0.4) is 0 Å². The number of benzene rings is 4. The van der Waals surface area contributed by atoms with E-state index in [4.69, 9.17) is 9.47 Å². The second kappa shape index (κ2) is 13.6. The van der Waals surface area contributed by atoms with E-state index in [1.54, 1.807) is 11.9 Å². The number of ether oxygens (including phenoxy) is 2. The number of carbonyl (C=O) groups excluding carboxylic acids is 2. The molecule has 2 N–H and O–H groups in total. The van der Waals surface area contributed by atoms with Gasteiger partial charge >= 0.3 is 6.09 Å². The van der Waals surface area contributed by atoms with Gasteiger partial charge in [-0.25, -0.2) is 4.79 Å². The zero-order valence-electron chi connectivity index (χ0n) is 25.7. The Balaban J connectivity index is 1.19. The van der Waals surface area contributed by atoms with E-state index in [0.29, 0.717) is 37.4 Å². The molecule has 0 bridgehead atoms. The Labute approximate surface area is 263 Å². The first kappa shape index (κ1) is 29.8. The second-order valence-corrected chi connectivity index (χ2v) is 11.5. The summed E-state index contributed by atoms with van der Waals surface area (Å²) in [6.45, 7) is 3.80. The van der Waals surface area contributed by atoms with Gasteiger partial charge < -0.3 is 29.6 Å². The highest BCUT2D eigenvalue weighted by Gasteiger charge is 2.25. The molecule has 45 heavy (non-hydrogen) atoms. The molecule has 2 amide bonds. The van der Waals surface area contributed by atoms with Crippen molar-refractivity contribution in [2.45, 2.75) is 32.4 Å². The average Bonchev–Trinajstić information content (AvgIpc) is 3.47. The minimum Gasteiger partial charge on any atom is -0.493 e. The summed E-state index contributed by atoms with van der Waals surface area (Å²) in [7, 11) is 1.72. The summed E-state index contributed by atoms with van der Waals surface area (Å²) in [6, 6.07) is 31.8. The summed E-state index contributed by atoms with van der Waals surface area (Å²) in [5, 5.41) is 4.62. The molecule has 4 aromatic carbocycles. The lowest BCUT2D eigenvalue weighted by molar-refractivity contribution is 0.0984. The minimum atomic E-state index is -0.381. The Hall–Kier alpha value is -5.24. The molecule has 0 spiro atoms. The molecular formula is C37H38N4O4. The fraction of sp³-hybridized carbons (Fsp3) is 0.243. The molecule has 230 valence electrons. The average molecular weight is 603 g/mol. The lowest BCUT2D eigenvalue weighted by Crippen LogP contribution is -2.32. The van der Waals surface area contributed by atoms with E-state index < -0.39 is 0 Å². The van der Waals surface area contributed by atoms with Crippen LogP contribution in [0.5, 0.6) is 5.75 Å². The van der Waals surface area contributed by atoms with Crippen LogP contribution in [-0.2, 0) is 11.3 Å². The van der Waals surface area contributed by atoms with Crippen LogP contribution in [0.25, 0.3) is 22.0 Å². The zero-order chi connectivity index (χ0) is 31.2. The van der Waals surface area contributed by atoms with Gasteiger partial charge in [-0.15, -0.1) is 0 Å². The highest BCUT2D eigenvalue weighted by atomic mass is 16.6. The third kappa shape index (κ3) is 6.96. The van der Waals surface area contributed by atoms with E-state index in [-0.39, 0.29) is 24.6 Å². The maximum Gasteiger partial charge on any atom is 0.409 e. The van der Waals surface area contributed by atoms with E-state index in [9.17, 15) is 9.59 Å². The quantitative estimate of drug-likeness (QED) is 0.169. The van der Waals surface area contributed by atoms with Crippen LogP contribution >= 0.6 is 0 Å². The van der Waals surface area contributed by atoms with Crippen molar-refractivity contribution in [3.63, 3.8) is 0 Å². The van der Waals surface area contributed by atoms with Crippen molar-refractivity contribution in [2.75, 3.05) is 37.0 Å². The molecule has 0 saturated heterocycles. The lowest BCUT2D eigenvalue weighted by atomic mass is 10.0. The molecule has 5 aromatic rings. The summed E-state index contributed by atoms with van der Waals surface area (Å²) in [6.07, 6.45) is 2.96. The molecule has 0 aliphatic carbocycles. The number of hydrogen-bond acceptors (Lipinski definition) is 5. The number of H-pyrrole nitrogens is 1. The smallest absolute Gasteiger partial charge is 0.409 e. The number of rotatable bonds is 9. The van der Waals surface area contributed by atoms with Crippen molar-refractivity contribution in [3.8, 4) is 16.9 Å². The van der Waals surface area contributed by atoms with Gasteiger partial charge in [0.05, 0.1) is 18.0 Å². The Kier molecular flexibility index (Phi) is 9.01. The monoisotopic (exact) mass is 602 g/mol. The molecule has 0 saturated carbocycles. The molecule has 0 unspecified atom stereocenters. The Morgan fingerprint density at radius 1 is 0.956 bits per heavy atom. The maximum absolute atomic E-state index is 14.0. The predicted octanol–water partition coefficient (Wildman–Crippen LogP) is 7.72. The topological polar surface area (TPSA) is 86.9 Å². The van der Waals surface area contributed by atoms with Crippen molar-refractivity contribution < 1.29 is 19.1 Å². The SMILES string of the molecule is C[C@H]1CCN(C(=O)c2ccc(-c3ccc4[nH]ccc4c3)c(OCCCN(C)C(=O)OCc3ccccc3)c2)c2ccccc2N1. The van der Waals surface area contributed by atoms with Crippen molar-refractivity contribution in [2.24, 2.45) is 0 Å². The number of nitrogens with zero attached hydrogens (tertiary/aromatic N) is 2. The molecule has 1 atom stereocenters. The van der Waals surface area contributed by atoms with Crippen LogP contribution in [0.2, 0.25) is 0 Å². The first-order valence-corrected chi connectivity index (χ1v) is 15.4. The predicted molar refractivity (Wildman–Crippen MR) is 179 cm³/mol. The molecule has 1 aliphatic rings. The summed E-state index contributed by atoms with van der Waals surface area (Å²) < 4.78 is 11.8. The number of aromatic nitrogens is 1. The highest BCUT2D eigenvalue weighted by Crippen LogP contribution is 2.35. The lowest BCUT2D eigenvalue weighted by Gasteiger charge is -2.23. The molecular weight excluding hydrogens is 564 g/mol. The van der Waals surface area contributed by atoms with Gasteiger partial charge in [0.25, 0.3) is 5.91 Å². The Morgan fingerprint density at radius 3 is 2.64 bits per heavy atom. The zero-order valence-corrected chi connectivity index (χ0v) is 25.7. The fourth-order valence-electron chi connectivity index (χ4n) is 5.62. The van der Waals surface area contributed by atoms with E-state index in [0.717, 1.165) is 45.4 Å². The summed E-state index contributed by atoms with van der Waals surface area (Å²) in [5.41, 5.74) is 6.28. The number of fused-ring (bicyclic) bond motifs is 2. The molecule has 6 rings (SSSR count). The van der Waals surface area contributed by atoms with E-state index in [2.05, 4.69) is 29.4 Å². The number of anilines is 2. The van der Waals surface area contributed by atoms with E-state index in [1.807, 2.05) is 96.0 Å². The first-order valence-electron chi connectivity index (χ1n) is 15.4. The number of hydrogen-bond donors (Lipinski definition) is 2. The van der Waals surface area contributed by atoms with Gasteiger partial charge in [0, 0.05) is 49.0 Å². The second-order valence-electron chi connectivity index (χ2n) is 11.5.